The molecule has 0 amide bonds. The van der Waals surface area contributed by atoms with Crippen molar-refractivity contribution in [1.82, 2.24) is 9.55 Å². The highest BCUT2D eigenvalue weighted by molar-refractivity contribution is 7.99. The molecule has 1 aliphatic rings. The fraction of sp³-hybridized carbons (Fsp3) is 0.286. The highest BCUT2D eigenvalue weighted by atomic mass is 35.5. The minimum absolute atomic E-state index is 0.0840. The number of methoxy groups -OCH3 is 1. The summed E-state index contributed by atoms with van der Waals surface area (Å²) in [4.78, 5) is 5.26. The van der Waals surface area contributed by atoms with E-state index in [0.29, 0.717) is 23.9 Å². The summed E-state index contributed by atoms with van der Waals surface area (Å²) in [5, 5.41) is 0.538. The second kappa shape index (κ2) is 8.67. The van der Waals surface area contributed by atoms with Crippen LogP contribution in [-0.2, 0) is 21.8 Å². The first-order valence-electron chi connectivity index (χ1n) is 9.18. The Morgan fingerprint density at radius 3 is 2.83 bits per heavy atom. The van der Waals surface area contributed by atoms with Gasteiger partial charge in [-0.2, -0.15) is 0 Å². The van der Waals surface area contributed by atoms with Crippen molar-refractivity contribution in [1.29, 1.82) is 0 Å². The van der Waals surface area contributed by atoms with Crippen molar-refractivity contribution in [3.05, 3.63) is 71.8 Å². The van der Waals surface area contributed by atoms with Gasteiger partial charge in [0.25, 0.3) is 0 Å². The number of nitrogens with two attached hydrogens (primary N) is 1. The summed E-state index contributed by atoms with van der Waals surface area (Å²) >= 11 is 8.28. The zero-order chi connectivity index (χ0) is 20.3. The molecule has 152 valence electrons. The number of anilines is 1. The minimum Gasteiger partial charge on any atom is -0.497 e. The molecular formula is C21H22ClN3O3S. The van der Waals surface area contributed by atoms with Crippen molar-refractivity contribution in [3.8, 4) is 5.75 Å². The number of nitrogen functional groups attached to an aromatic ring is 1. The third-order valence-electron chi connectivity index (χ3n) is 4.71. The van der Waals surface area contributed by atoms with E-state index in [0.717, 1.165) is 21.9 Å². The van der Waals surface area contributed by atoms with E-state index in [1.54, 1.807) is 37.5 Å². The Morgan fingerprint density at radius 2 is 2.14 bits per heavy atom. The normalized spacial score (nSPS) is 21.4. The predicted octanol–water partition coefficient (Wildman–Crippen LogP) is 4.19. The minimum atomic E-state index is -0.990. The summed E-state index contributed by atoms with van der Waals surface area (Å²) in [7, 11) is 1.61. The number of hydrogen-bond donors (Lipinski definition) is 1. The van der Waals surface area contributed by atoms with Crippen molar-refractivity contribution < 1.29 is 14.2 Å². The molecule has 0 saturated carbocycles. The molecule has 1 fully saturated rings. The molecule has 29 heavy (non-hydrogen) atoms. The number of halogens is 1. The van der Waals surface area contributed by atoms with Gasteiger partial charge < -0.3 is 24.5 Å². The molecule has 2 atom stereocenters. The fourth-order valence-corrected chi connectivity index (χ4v) is 4.45. The molecule has 4 rings (SSSR count). The number of benzene rings is 2. The maximum atomic E-state index is 6.57. The summed E-state index contributed by atoms with van der Waals surface area (Å²) in [6, 6.07) is 13.3. The van der Waals surface area contributed by atoms with Crippen LogP contribution in [0.15, 0.2) is 66.1 Å². The van der Waals surface area contributed by atoms with Crippen LogP contribution in [0.1, 0.15) is 5.56 Å². The van der Waals surface area contributed by atoms with E-state index in [1.165, 1.54) is 0 Å². The van der Waals surface area contributed by atoms with Crippen LogP contribution >= 0.6 is 23.4 Å². The maximum absolute atomic E-state index is 6.57. The van der Waals surface area contributed by atoms with Gasteiger partial charge in [-0.3, -0.25) is 0 Å². The molecule has 6 nitrogen and oxygen atoms in total. The number of hydrogen-bond acceptors (Lipinski definition) is 6. The lowest BCUT2D eigenvalue weighted by atomic mass is 10.1. The van der Waals surface area contributed by atoms with Crippen molar-refractivity contribution in [2.24, 2.45) is 0 Å². The van der Waals surface area contributed by atoms with Crippen LogP contribution in [0.5, 0.6) is 5.75 Å². The summed E-state index contributed by atoms with van der Waals surface area (Å²) in [5.41, 5.74) is 7.29. The smallest absolute Gasteiger partial charge is 0.215 e. The first-order chi connectivity index (χ1) is 14.1. The van der Waals surface area contributed by atoms with E-state index in [-0.39, 0.29) is 6.10 Å². The van der Waals surface area contributed by atoms with Crippen LogP contribution in [0.4, 0.5) is 5.69 Å². The maximum Gasteiger partial charge on any atom is 0.215 e. The number of imidazole rings is 1. The summed E-state index contributed by atoms with van der Waals surface area (Å²) < 4.78 is 19.9. The number of aromatic nitrogens is 2. The van der Waals surface area contributed by atoms with E-state index >= 15 is 0 Å². The summed E-state index contributed by atoms with van der Waals surface area (Å²) in [6.07, 6.45) is 5.26. The SMILES string of the molecule is COc1ccc(C2(Cn3ccnc3)OCC(CSc3ccc(N)cc3)O2)c(Cl)c1. The Hall–Kier alpha value is -2.19. The standard InChI is InChI=1S/C21H22ClN3O3S/c1-26-16-4-7-19(20(22)10-16)21(13-25-9-8-24-14-25)27-11-17(28-21)12-29-18-5-2-15(23)3-6-18/h2-10,14,17H,11-13,23H2,1H3. The van der Waals surface area contributed by atoms with Gasteiger partial charge in [0.15, 0.2) is 0 Å². The average molecular weight is 432 g/mol. The van der Waals surface area contributed by atoms with Crippen LogP contribution in [0.2, 0.25) is 5.02 Å². The van der Waals surface area contributed by atoms with Gasteiger partial charge >= 0.3 is 0 Å². The van der Waals surface area contributed by atoms with Gasteiger partial charge in [-0.15, -0.1) is 11.8 Å². The number of thioether (sulfide) groups is 1. The van der Waals surface area contributed by atoms with Crippen LogP contribution < -0.4 is 10.5 Å². The molecule has 1 saturated heterocycles. The lowest BCUT2D eigenvalue weighted by molar-refractivity contribution is -0.184. The molecular weight excluding hydrogens is 410 g/mol. The van der Waals surface area contributed by atoms with E-state index in [1.807, 2.05) is 47.2 Å². The number of ether oxygens (including phenoxy) is 3. The molecule has 0 bridgehead atoms. The molecule has 0 spiro atoms. The molecule has 3 aromatic rings. The Kier molecular flexibility index (Phi) is 6.01. The second-order valence-electron chi connectivity index (χ2n) is 6.76. The number of nitrogens with zero attached hydrogens (tertiary/aromatic N) is 2. The Morgan fingerprint density at radius 1 is 1.31 bits per heavy atom. The van der Waals surface area contributed by atoms with Gasteiger partial charge in [0.1, 0.15) is 5.75 Å². The second-order valence-corrected chi connectivity index (χ2v) is 8.27. The monoisotopic (exact) mass is 431 g/mol. The molecule has 1 aromatic heterocycles. The molecule has 0 aliphatic carbocycles. The van der Waals surface area contributed by atoms with Crippen LogP contribution in [0, 0.1) is 0 Å². The van der Waals surface area contributed by atoms with Crippen LogP contribution in [0.3, 0.4) is 0 Å². The quantitative estimate of drug-likeness (QED) is 0.446. The Bertz CT molecular complexity index is 952. The van der Waals surface area contributed by atoms with E-state index < -0.39 is 5.79 Å². The molecule has 0 radical (unpaired) electrons. The largest absolute Gasteiger partial charge is 0.497 e. The first kappa shape index (κ1) is 20.1. The third-order valence-corrected chi connectivity index (χ3v) is 6.17. The fourth-order valence-electron chi connectivity index (χ4n) is 3.26. The molecule has 2 aromatic carbocycles. The zero-order valence-corrected chi connectivity index (χ0v) is 17.5. The summed E-state index contributed by atoms with van der Waals surface area (Å²) in [5.74, 6) is 0.449. The van der Waals surface area contributed by atoms with E-state index in [2.05, 4.69) is 4.98 Å². The predicted molar refractivity (Wildman–Crippen MR) is 114 cm³/mol. The van der Waals surface area contributed by atoms with Crippen molar-refractivity contribution >= 4 is 29.1 Å². The Labute approximate surface area is 178 Å². The molecule has 8 heteroatoms. The highest BCUT2D eigenvalue weighted by Crippen LogP contribution is 2.41. The van der Waals surface area contributed by atoms with E-state index in [9.17, 15) is 0 Å². The van der Waals surface area contributed by atoms with Gasteiger partial charge in [-0.25, -0.2) is 4.98 Å². The van der Waals surface area contributed by atoms with E-state index in [4.69, 9.17) is 31.5 Å². The Balaban J connectivity index is 1.54. The average Bonchev–Trinajstić information content (AvgIpc) is 3.38. The summed E-state index contributed by atoms with van der Waals surface area (Å²) in [6.45, 7) is 0.918. The number of rotatable bonds is 7. The van der Waals surface area contributed by atoms with Crippen molar-refractivity contribution in [3.63, 3.8) is 0 Å². The molecule has 2 heterocycles. The molecule has 2 unspecified atom stereocenters. The van der Waals surface area contributed by atoms with Crippen molar-refractivity contribution in [2.75, 3.05) is 25.2 Å². The van der Waals surface area contributed by atoms with Crippen LogP contribution in [0.25, 0.3) is 0 Å². The van der Waals surface area contributed by atoms with Crippen LogP contribution in [-0.4, -0.2) is 35.1 Å². The van der Waals surface area contributed by atoms with Gasteiger partial charge in [-0.1, -0.05) is 11.6 Å². The third kappa shape index (κ3) is 4.53. The van der Waals surface area contributed by atoms with Crippen molar-refractivity contribution in [2.45, 2.75) is 23.3 Å². The van der Waals surface area contributed by atoms with Gasteiger partial charge in [0.05, 0.1) is 37.7 Å². The topological polar surface area (TPSA) is 71.5 Å². The lowest BCUT2D eigenvalue weighted by Crippen LogP contribution is -2.34. The molecule has 1 aliphatic heterocycles. The van der Waals surface area contributed by atoms with Gasteiger partial charge in [0.2, 0.25) is 5.79 Å². The molecule has 2 N–H and O–H groups in total. The first-order valence-corrected chi connectivity index (χ1v) is 10.5. The highest BCUT2D eigenvalue weighted by Gasteiger charge is 2.45. The van der Waals surface area contributed by atoms with Gasteiger partial charge in [-0.05, 0) is 42.5 Å². The van der Waals surface area contributed by atoms with Gasteiger partial charge in [0, 0.05) is 34.3 Å². The zero-order valence-electron chi connectivity index (χ0n) is 16.0. The lowest BCUT2D eigenvalue weighted by Gasteiger charge is -2.30.